The molecule has 1 saturated heterocycles. The van der Waals surface area contributed by atoms with Crippen LogP contribution >= 0.6 is 28.3 Å². The number of carbonyl (C=O) groups is 1. The molecule has 0 spiro atoms. The first-order valence-electron chi connectivity index (χ1n) is 7.41. The standard InChI is InChI=1S/C16H23BrN2O2.ClH/c1-11-4-5-15(14(17)10-11)21-9-6-16(20)19-8-7-18-12(2)13(19)3;/h4-5,10,12-13,18H,6-9H2,1-3H3;1H. The minimum absolute atomic E-state index is 0. The summed E-state index contributed by atoms with van der Waals surface area (Å²) in [7, 11) is 0. The van der Waals surface area contributed by atoms with Gasteiger partial charge in [-0.05, 0) is 54.4 Å². The second-order valence-corrected chi connectivity index (χ2v) is 6.46. The van der Waals surface area contributed by atoms with Gasteiger partial charge in [0.15, 0.2) is 0 Å². The fraction of sp³-hybridized carbons (Fsp3) is 0.562. The van der Waals surface area contributed by atoms with Crippen LogP contribution in [0, 0.1) is 6.92 Å². The summed E-state index contributed by atoms with van der Waals surface area (Å²) in [5.41, 5.74) is 1.17. The van der Waals surface area contributed by atoms with Crippen molar-refractivity contribution in [3.8, 4) is 5.75 Å². The molecule has 2 unspecified atom stereocenters. The van der Waals surface area contributed by atoms with Gasteiger partial charge in [0.2, 0.25) is 5.91 Å². The molecule has 124 valence electrons. The number of carbonyl (C=O) groups excluding carboxylic acids is 1. The zero-order valence-electron chi connectivity index (χ0n) is 13.3. The predicted molar refractivity (Wildman–Crippen MR) is 94.9 cm³/mol. The van der Waals surface area contributed by atoms with Crippen LogP contribution in [0.15, 0.2) is 22.7 Å². The van der Waals surface area contributed by atoms with Crippen molar-refractivity contribution in [2.45, 2.75) is 39.3 Å². The second kappa shape index (κ2) is 8.75. The van der Waals surface area contributed by atoms with Crippen molar-refractivity contribution < 1.29 is 9.53 Å². The van der Waals surface area contributed by atoms with Gasteiger partial charge in [0.25, 0.3) is 0 Å². The molecule has 0 radical (unpaired) electrons. The highest BCUT2D eigenvalue weighted by Gasteiger charge is 2.27. The van der Waals surface area contributed by atoms with E-state index < -0.39 is 0 Å². The number of benzene rings is 1. The molecule has 1 fully saturated rings. The van der Waals surface area contributed by atoms with Gasteiger partial charge in [0, 0.05) is 25.2 Å². The summed E-state index contributed by atoms with van der Waals surface area (Å²) in [5, 5.41) is 3.38. The number of amides is 1. The van der Waals surface area contributed by atoms with Crippen molar-refractivity contribution in [2.24, 2.45) is 0 Å². The van der Waals surface area contributed by atoms with Crippen LogP contribution in [0.3, 0.4) is 0 Å². The first-order valence-corrected chi connectivity index (χ1v) is 8.20. The molecule has 1 heterocycles. The summed E-state index contributed by atoms with van der Waals surface area (Å²) in [6, 6.07) is 6.52. The Morgan fingerprint density at radius 3 is 2.86 bits per heavy atom. The fourth-order valence-electron chi connectivity index (χ4n) is 2.52. The van der Waals surface area contributed by atoms with E-state index >= 15 is 0 Å². The Bertz CT molecular complexity index is 513. The summed E-state index contributed by atoms with van der Waals surface area (Å²) < 4.78 is 6.64. The summed E-state index contributed by atoms with van der Waals surface area (Å²) in [6.07, 6.45) is 0.414. The maximum Gasteiger partial charge on any atom is 0.226 e. The van der Waals surface area contributed by atoms with E-state index in [0.717, 1.165) is 23.3 Å². The lowest BCUT2D eigenvalue weighted by Gasteiger charge is -2.38. The molecule has 1 aliphatic rings. The van der Waals surface area contributed by atoms with Crippen LogP contribution in [0.1, 0.15) is 25.8 Å². The van der Waals surface area contributed by atoms with E-state index in [2.05, 4.69) is 35.1 Å². The Morgan fingerprint density at radius 2 is 2.18 bits per heavy atom. The molecule has 1 aliphatic heterocycles. The lowest BCUT2D eigenvalue weighted by Crippen LogP contribution is -2.57. The van der Waals surface area contributed by atoms with E-state index in [4.69, 9.17) is 4.74 Å². The van der Waals surface area contributed by atoms with Crippen LogP contribution in [-0.2, 0) is 4.79 Å². The van der Waals surface area contributed by atoms with Gasteiger partial charge >= 0.3 is 0 Å². The zero-order chi connectivity index (χ0) is 15.4. The number of nitrogens with one attached hydrogen (secondary N) is 1. The minimum Gasteiger partial charge on any atom is -0.492 e. The molecule has 1 N–H and O–H groups in total. The van der Waals surface area contributed by atoms with E-state index in [9.17, 15) is 4.79 Å². The lowest BCUT2D eigenvalue weighted by molar-refractivity contribution is -0.135. The maximum absolute atomic E-state index is 12.3. The molecular formula is C16H24BrClN2O2. The quantitative estimate of drug-likeness (QED) is 0.857. The maximum atomic E-state index is 12.3. The van der Waals surface area contributed by atoms with Crippen LogP contribution in [0.5, 0.6) is 5.75 Å². The van der Waals surface area contributed by atoms with Gasteiger partial charge in [-0.15, -0.1) is 12.4 Å². The smallest absolute Gasteiger partial charge is 0.226 e. The van der Waals surface area contributed by atoms with Gasteiger partial charge in [-0.25, -0.2) is 0 Å². The van der Waals surface area contributed by atoms with Crippen molar-refractivity contribution in [1.82, 2.24) is 10.2 Å². The predicted octanol–water partition coefficient (Wildman–Crippen LogP) is 3.16. The monoisotopic (exact) mass is 390 g/mol. The number of piperazine rings is 1. The fourth-order valence-corrected chi connectivity index (χ4v) is 3.13. The first kappa shape index (κ1) is 19.3. The van der Waals surface area contributed by atoms with Crippen LogP contribution < -0.4 is 10.1 Å². The number of aryl methyl sites for hydroxylation is 1. The number of hydrogen-bond acceptors (Lipinski definition) is 3. The van der Waals surface area contributed by atoms with E-state index in [-0.39, 0.29) is 24.4 Å². The van der Waals surface area contributed by atoms with Crippen molar-refractivity contribution in [3.63, 3.8) is 0 Å². The van der Waals surface area contributed by atoms with Gasteiger partial charge in [0.05, 0.1) is 17.5 Å². The van der Waals surface area contributed by atoms with Gasteiger partial charge in [-0.2, -0.15) is 0 Å². The Labute approximate surface area is 147 Å². The number of nitrogens with zero attached hydrogens (tertiary/aromatic N) is 1. The van der Waals surface area contributed by atoms with Crippen molar-refractivity contribution in [3.05, 3.63) is 28.2 Å². The Hall–Kier alpha value is -0.780. The summed E-state index contributed by atoms with van der Waals surface area (Å²) in [4.78, 5) is 14.2. The number of ether oxygens (including phenoxy) is 1. The number of halogens is 2. The Kier molecular flexibility index (Phi) is 7.66. The Morgan fingerprint density at radius 1 is 1.45 bits per heavy atom. The molecule has 1 amide bonds. The van der Waals surface area contributed by atoms with Crippen LogP contribution in [0.25, 0.3) is 0 Å². The molecule has 1 aromatic carbocycles. The summed E-state index contributed by atoms with van der Waals surface area (Å²) in [6.45, 7) is 8.28. The van der Waals surface area contributed by atoms with E-state index in [1.165, 1.54) is 5.56 Å². The number of hydrogen-bond donors (Lipinski definition) is 1. The first-order chi connectivity index (χ1) is 9.99. The normalized spacial score (nSPS) is 21.2. The van der Waals surface area contributed by atoms with Crippen LogP contribution in [0.4, 0.5) is 0 Å². The second-order valence-electron chi connectivity index (χ2n) is 5.60. The third-order valence-corrected chi connectivity index (χ3v) is 4.64. The molecule has 1 aromatic rings. The highest BCUT2D eigenvalue weighted by molar-refractivity contribution is 9.10. The molecule has 4 nitrogen and oxygen atoms in total. The lowest BCUT2D eigenvalue weighted by atomic mass is 10.1. The third-order valence-electron chi connectivity index (χ3n) is 4.02. The van der Waals surface area contributed by atoms with Gasteiger partial charge in [0.1, 0.15) is 5.75 Å². The SMILES string of the molecule is Cc1ccc(OCCC(=O)N2CCNC(C)C2C)c(Br)c1.Cl. The highest BCUT2D eigenvalue weighted by Crippen LogP contribution is 2.25. The van der Waals surface area contributed by atoms with Crippen LogP contribution in [-0.4, -0.2) is 42.6 Å². The molecule has 2 atom stereocenters. The largest absolute Gasteiger partial charge is 0.492 e. The van der Waals surface area contributed by atoms with Crippen molar-refractivity contribution in [1.29, 1.82) is 0 Å². The highest BCUT2D eigenvalue weighted by atomic mass is 79.9. The average Bonchev–Trinajstić information content (AvgIpc) is 2.44. The third kappa shape index (κ3) is 4.86. The summed E-state index contributed by atoms with van der Waals surface area (Å²) in [5.74, 6) is 0.953. The van der Waals surface area contributed by atoms with Crippen molar-refractivity contribution in [2.75, 3.05) is 19.7 Å². The minimum atomic E-state index is 0. The van der Waals surface area contributed by atoms with E-state index in [1.54, 1.807) is 0 Å². The molecule has 2 rings (SSSR count). The molecule has 0 bridgehead atoms. The Balaban J connectivity index is 0.00000242. The average molecular weight is 392 g/mol. The molecule has 0 saturated carbocycles. The molecule has 22 heavy (non-hydrogen) atoms. The zero-order valence-corrected chi connectivity index (χ0v) is 15.7. The molecule has 0 aromatic heterocycles. The topological polar surface area (TPSA) is 41.6 Å². The van der Waals surface area contributed by atoms with E-state index in [1.807, 2.05) is 30.0 Å². The van der Waals surface area contributed by atoms with Crippen LogP contribution in [0.2, 0.25) is 0 Å². The van der Waals surface area contributed by atoms with Gasteiger partial charge in [-0.3, -0.25) is 4.79 Å². The summed E-state index contributed by atoms with van der Waals surface area (Å²) >= 11 is 3.48. The molecule has 0 aliphatic carbocycles. The molecular weight excluding hydrogens is 368 g/mol. The van der Waals surface area contributed by atoms with Gasteiger partial charge in [-0.1, -0.05) is 6.07 Å². The van der Waals surface area contributed by atoms with Gasteiger partial charge < -0.3 is 15.0 Å². The van der Waals surface area contributed by atoms with E-state index in [0.29, 0.717) is 19.1 Å². The number of rotatable bonds is 4. The van der Waals surface area contributed by atoms with Crippen molar-refractivity contribution >= 4 is 34.2 Å². The molecule has 6 heteroatoms.